The Labute approximate surface area is 177 Å². The zero-order valence-corrected chi connectivity index (χ0v) is 16.6. The molecule has 1 atom stereocenters. The number of aryl methyl sites for hydroxylation is 1. The molecule has 6 heteroatoms. The van der Waals surface area contributed by atoms with Crippen LogP contribution in [0.5, 0.6) is 5.75 Å². The molecule has 5 rings (SSSR count). The predicted molar refractivity (Wildman–Crippen MR) is 113 cm³/mol. The number of phenolic OH excluding ortho intramolecular Hbond substituents is 1. The highest BCUT2D eigenvalue weighted by Gasteiger charge is 2.42. The molecule has 1 amide bonds. The lowest BCUT2D eigenvalue weighted by Gasteiger charge is -2.25. The lowest BCUT2D eigenvalue weighted by molar-refractivity contribution is 0.0714. The Morgan fingerprint density at radius 1 is 1.00 bits per heavy atom. The number of phenols is 1. The summed E-state index contributed by atoms with van der Waals surface area (Å²) < 4.78 is 19.3. The zero-order valence-electron chi connectivity index (χ0n) is 16.6. The Morgan fingerprint density at radius 3 is 2.42 bits per heavy atom. The van der Waals surface area contributed by atoms with Gasteiger partial charge >= 0.3 is 0 Å². The van der Waals surface area contributed by atoms with Gasteiger partial charge in [0.05, 0.1) is 17.0 Å². The number of aromatic hydroxyl groups is 1. The second-order valence-corrected chi connectivity index (χ2v) is 7.73. The molecule has 4 aromatic rings. The lowest BCUT2D eigenvalue weighted by atomic mass is 9.98. The minimum absolute atomic E-state index is 0.0153. The fourth-order valence-corrected chi connectivity index (χ4v) is 4.09. The second kappa shape index (κ2) is 7.09. The molecule has 0 aliphatic carbocycles. The molecule has 3 aromatic carbocycles. The van der Waals surface area contributed by atoms with Gasteiger partial charge in [0.2, 0.25) is 5.76 Å². The molecule has 0 unspecified atom stereocenters. The van der Waals surface area contributed by atoms with Crippen molar-refractivity contribution in [1.29, 1.82) is 0 Å². The summed E-state index contributed by atoms with van der Waals surface area (Å²) in [4.78, 5) is 28.4. The third kappa shape index (κ3) is 3.17. The topological polar surface area (TPSA) is 70.8 Å². The van der Waals surface area contributed by atoms with E-state index >= 15 is 0 Å². The van der Waals surface area contributed by atoms with Crippen LogP contribution in [0, 0.1) is 12.7 Å². The summed E-state index contributed by atoms with van der Waals surface area (Å²) in [6, 6.07) is 16.8. The van der Waals surface area contributed by atoms with E-state index in [0.717, 1.165) is 11.1 Å². The Balaban J connectivity index is 1.72. The van der Waals surface area contributed by atoms with Crippen LogP contribution in [0.25, 0.3) is 11.0 Å². The van der Waals surface area contributed by atoms with E-state index in [2.05, 4.69) is 0 Å². The van der Waals surface area contributed by atoms with Gasteiger partial charge in [-0.2, -0.15) is 0 Å². The number of benzene rings is 3. The van der Waals surface area contributed by atoms with Crippen molar-refractivity contribution < 1.29 is 18.7 Å². The minimum atomic E-state index is -0.686. The normalized spacial score (nSPS) is 15.5. The van der Waals surface area contributed by atoms with E-state index in [9.17, 15) is 19.1 Å². The van der Waals surface area contributed by atoms with E-state index in [0.29, 0.717) is 16.5 Å². The average molecular weight is 415 g/mol. The largest absolute Gasteiger partial charge is 0.508 e. The summed E-state index contributed by atoms with van der Waals surface area (Å²) >= 11 is 0. The zero-order chi connectivity index (χ0) is 21.7. The van der Waals surface area contributed by atoms with Crippen LogP contribution in [0.3, 0.4) is 0 Å². The first-order chi connectivity index (χ1) is 14.9. The highest BCUT2D eigenvalue weighted by molar-refractivity contribution is 5.99. The van der Waals surface area contributed by atoms with Gasteiger partial charge < -0.3 is 14.4 Å². The minimum Gasteiger partial charge on any atom is -0.508 e. The lowest BCUT2D eigenvalue weighted by Crippen LogP contribution is -2.29. The first-order valence-corrected chi connectivity index (χ1v) is 9.84. The van der Waals surface area contributed by atoms with Gasteiger partial charge in [0, 0.05) is 6.54 Å². The summed E-state index contributed by atoms with van der Waals surface area (Å²) in [5.41, 5.74) is 2.68. The number of nitrogens with zero attached hydrogens (tertiary/aromatic N) is 1. The van der Waals surface area contributed by atoms with Crippen LogP contribution in [0.4, 0.5) is 4.39 Å². The molecule has 1 aliphatic rings. The molecule has 5 nitrogen and oxygen atoms in total. The molecule has 31 heavy (non-hydrogen) atoms. The number of rotatable bonds is 3. The molecule has 1 N–H and O–H groups in total. The second-order valence-electron chi connectivity index (χ2n) is 7.73. The van der Waals surface area contributed by atoms with Gasteiger partial charge in [-0.1, -0.05) is 35.9 Å². The Bertz CT molecular complexity index is 1370. The van der Waals surface area contributed by atoms with Gasteiger partial charge in [0.15, 0.2) is 5.43 Å². The van der Waals surface area contributed by atoms with Gasteiger partial charge in [-0.15, -0.1) is 0 Å². The van der Waals surface area contributed by atoms with Crippen molar-refractivity contribution in [2.24, 2.45) is 0 Å². The molecule has 1 aromatic heterocycles. The highest BCUT2D eigenvalue weighted by Crippen LogP contribution is 2.39. The maximum atomic E-state index is 13.5. The highest BCUT2D eigenvalue weighted by atomic mass is 19.1. The fraction of sp³-hybridized carbons (Fsp3) is 0.120. The third-order valence-corrected chi connectivity index (χ3v) is 5.60. The van der Waals surface area contributed by atoms with Crippen molar-refractivity contribution in [1.82, 2.24) is 4.90 Å². The standard InChI is InChI=1S/C25H18FNO4/c1-14-2-11-20-19(12-14)23(29)21-22(16-5-9-18(28)10-6-16)27(25(30)24(21)31-20)13-15-3-7-17(26)8-4-15/h2-12,22,28H,13H2,1H3/t22-/m1/s1. The quantitative estimate of drug-likeness (QED) is 0.527. The number of carbonyl (C=O) groups is 1. The summed E-state index contributed by atoms with van der Waals surface area (Å²) in [6.45, 7) is 2.05. The molecular weight excluding hydrogens is 397 g/mol. The van der Waals surface area contributed by atoms with Crippen LogP contribution >= 0.6 is 0 Å². The van der Waals surface area contributed by atoms with E-state index in [-0.39, 0.29) is 34.9 Å². The smallest absolute Gasteiger partial charge is 0.291 e. The van der Waals surface area contributed by atoms with Crippen molar-refractivity contribution in [2.75, 3.05) is 0 Å². The van der Waals surface area contributed by atoms with E-state index < -0.39 is 11.9 Å². The number of amides is 1. The fourth-order valence-electron chi connectivity index (χ4n) is 4.09. The van der Waals surface area contributed by atoms with E-state index in [1.165, 1.54) is 24.3 Å². The number of fused-ring (bicyclic) bond motifs is 2. The molecule has 2 heterocycles. The number of carbonyl (C=O) groups excluding carboxylic acids is 1. The Hall–Kier alpha value is -3.93. The van der Waals surface area contributed by atoms with Crippen LogP contribution in [-0.2, 0) is 6.54 Å². The summed E-state index contributed by atoms with van der Waals surface area (Å²) in [5.74, 6) is -0.675. The van der Waals surface area contributed by atoms with Gasteiger partial charge in [0.25, 0.3) is 5.91 Å². The first-order valence-electron chi connectivity index (χ1n) is 9.84. The van der Waals surface area contributed by atoms with E-state index in [1.807, 2.05) is 13.0 Å². The third-order valence-electron chi connectivity index (χ3n) is 5.60. The van der Waals surface area contributed by atoms with Gasteiger partial charge in [-0.05, 0) is 54.4 Å². The Morgan fingerprint density at radius 2 is 1.71 bits per heavy atom. The van der Waals surface area contributed by atoms with Gasteiger partial charge in [-0.25, -0.2) is 4.39 Å². The molecule has 0 fully saturated rings. The molecule has 1 aliphatic heterocycles. The average Bonchev–Trinajstić information content (AvgIpc) is 3.03. The maximum Gasteiger partial charge on any atom is 0.291 e. The van der Waals surface area contributed by atoms with Gasteiger partial charge in [0.1, 0.15) is 17.1 Å². The van der Waals surface area contributed by atoms with Gasteiger partial charge in [-0.3, -0.25) is 9.59 Å². The van der Waals surface area contributed by atoms with E-state index in [1.54, 1.807) is 41.3 Å². The molecule has 154 valence electrons. The van der Waals surface area contributed by atoms with Crippen molar-refractivity contribution >= 4 is 16.9 Å². The van der Waals surface area contributed by atoms with Crippen LogP contribution < -0.4 is 5.43 Å². The summed E-state index contributed by atoms with van der Waals surface area (Å²) in [7, 11) is 0. The van der Waals surface area contributed by atoms with Crippen molar-refractivity contribution in [3.05, 3.63) is 111 Å². The summed E-state index contributed by atoms with van der Waals surface area (Å²) in [6.07, 6.45) is 0. The van der Waals surface area contributed by atoms with Crippen LogP contribution in [0.15, 0.2) is 75.9 Å². The van der Waals surface area contributed by atoms with Crippen molar-refractivity contribution in [3.8, 4) is 5.75 Å². The maximum absolute atomic E-state index is 13.5. The summed E-state index contributed by atoms with van der Waals surface area (Å²) in [5, 5.41) is 10.1. The predicted octanol–water partition coefficient (Wildman–Crippen LogP) is 4.69. The molecule has 0 bridgehead atoms. The van der Waals surface area contributed by atoms with Crippen LogP contribution in [0.1, 0.15) is 38.9 Å². The van der Waals surface area contributed by atoms with E-state index in [4.69, 9.17) is 4.42 Å². The van der Waals surface area contributed by atoms with Crippen LogP contribution in [-0.4, -0.2) is 15.9 Å². The van der Waals surface area contributed by atoms with Crippen molar-refractivity contribution in [2.45, 2.75) is 19.5 Å². The van der Waals surface area contributed by atoms with Crippen molar-refractivity contribution in [3.63, 3.8) is 0 Å². The molecular formula is C25H18FNO4. The monoisotopic (exact) mass is 415 g/mol. The Kier molecular flexibility index (Phi) is 4.36. The number of hydrogen-bond donors (Lipinski definition) is 1. The molecule has 0 saturated carbocycles. The first kappa shape index (κ1) is 19.1. The molecule has 0 saturated heterocycles. The van der Waals surface area contributed by atoms with Crippen LogP contribution in [0.2, 0.25) is 0 Å². The number of halogens is 1. The SMILES string of the molecule is Cc1ccc2oc3c(c(=O)c2c1)[C@@H](c1ccc(O)cc1)N(Cc1ccc(F)cc1)C3=O. The molecule has 0 radical (unpaired) electrons. The molecule has 0 spiro atoms. The number of hydrogen-bond acceptors (Lipinski definition) is 4.